The fourth-order valence-corrected chi connectivity index (χ4v) is 2.31. The Bertz CT molecular complexity index is 548. The van der Waals surface area contributed by atoms with Gasteiger partial charge in [0.25, 0.3) is 0 Å². The Morgan fingerprint density at radius 3 is 2.26 bits per heavy atom. The minimum Gasteiger partial charge on any atom is -0.361 e. The third-order valence-corrected chi connectivity index (χ3v) is 3.46. The van der Waals surface area contributed by atoms with Crippen molar-refractivity contribution in [2.45, 2.75) is 25.0 Å². The van der Waals surface area contributed by atoms with Crippen molar-refractivity contribution < 1.29 is 9.53 Å². The highest BCUT2D eigenvalue weighted by atomic mass is 16.6. The fraction of sp³-hybridized carbons (Fsp3) is 0.235. The van der Waals surface area contributed by atoms with E-state index in [4.69, 9.17) is 4.74 Å². The first-order valence-corrected chi connectivity index (χ1v) is 6.63. The third-order valence-electron chi connectivity index (χ3n) is 3.46. The zero-order valence-corrected chi connectivity index (χ0v) is 10.7. The zero-order chi connectivity index (χ0) is 13.1. The number of hydrogen-bond acceptors (Lipinski definition) is 2. The summed E-state index contributed by atoms with van der Waals surface area (Å²) in [5.74, 6) is 0.110. The van der Waals surface area contributed by atoms with Crippen molar-refractivity contribution in [3.05, 3.63) is 71.8 Å². The lowest BCUT2D eigenvalue weighted by Crippen LogP contribution is -2.10. The summed E-state index contributed by atoms with van der Waals surface area (Å²) in [5, 5.41) is 0. The predicted octanol–water partition coefficient (Wildman–Crippen LogP) is 3.27. The van der Waals surface area contributed by atoms with Crippen LogP contribution < -0.4 is 0 Å². The van der Waals surface area contributed by atoms with Gasteiger partial charge in [-0.1, -0.05) is 60.7 Å². The van der Waals surface area contributed by atoms with Crippen LogP contribution in [0.15, 0.2) is 60.7 Å². The number of rotatable bonds is 5. The number of benzene rings is 2. The largest absolute Gasteiger partial charge is 0.361 e. The molecule has 0 bridgehead atoms. The van der Waals surface area contributed by atoms with E-state index in [2.05, 4.69) is 12.1 Å². The Hall–Kier alpha value is -1.93. The predicted molar refractivity (Wildman–Crippen MR) is 74.2 cm³/mol. The van der Waals surface area contributed by atoms with Crippen molar-refractivity contribution >= 4 is 5.78 Å². The van der Waals surface area contributed by atoms with Gasteiger partial charge in [-0.2, -0.15) is 0 Å². The van der Waals surface area contributed by atoms with Crippen LogP contribution in [0.5, 0.6) is 0 Å². The molecule has 0 saturated carbocycles. The first kappa shape index (κ1) is 12.1. The van der Waals surface area contributed by atoms with Crippen LogP contribution in [0.25, 0.3) is 0 Å². The number of epoxide rings is 1. The van der Waals surface area contributed by atoms with E-state index in [9.17, 15) is 4.79 Å². The van der Waals surface area contributed by atoms with Crippen LogP contribution in [0.2, 0.25) is 0 Å². The van der Waals surface area contributed by atoms with E-state index >= 15 is 0 Å². The zero-order valence-electron chi connectivity index (χ0n) is 10.7. The Balaban J connectivity index is 1.53. The van der Waals surface area contributed by atoms with Crippen molar-refractivity contribution in [3.8, 4) is 0 Å². The lowest BCUT2D eigenvalue weighted by Gasteiger charge is -1.98. The second-order valence-corrected chi connectivity index (χ2v) is 4.85. The van der Waals surface area contributed by atoms with E-state index in [0.717, 1.165) is 18.4 Å². The molecule has 2 atom stereocenters. The van der Waals surface area contributed by atoms with Crippen LogP contribution in [0, 0.1) is 0 Å². The van der Waals surface area contributed by atoms with Gasteiger partial charge < -0.3 is 4.74 Å². The van der Waals surface area contributed by atoms with Crippen molar-refractivity contribution in [2.24, 2.45) is 0 Å². The van der Waals surface area contributed by atoms with Gasteiger partial charge >= 0.3 is 0 Å². The van der Waals surface area contributed by atoms with Gasteiger partial charge in [-0.15, -0.1) is 0 Å². The molecule has 96 valence electrons. The van der Waals surface area contributed by atoms with Crippen LogP contribution in [0.1, 0.15) is 22.3 Å². The maximum absolute atomic E-state index is 12.1. The van der Waals surface area contributed by atoms with Gasteiger partial charge in [0.05, 0.1) is 6.10 Å². The monoisotopic (exact) mass is 252 g/mol. The van der Waals surface area contributed by atoms with Gasteiger partial charge in [-0.25, -0.2) is 0 Å². The van der Waals surface area contributed by atoms with E-state index in [-0.39, 0.29) is 18.0 Å². The van der Waals surface area contributed by atoms with Crippen LogP contribution in [-0.4, -0.2) is 18.0 Å². The molecule has 19 heavy (non-hydrogen) atoms. The summed E-state index contributed by atoms with van der Waals surface area (Å²) in [4.78, 5) is 12.1. The molecule has 0 aromatic heterocycles. The average Bonchev–Trinajstić information content (AvgIpc) is 3.26. The Morgan fingerprint density at radius 2 is 1.58 bits per heavy atom. The van der Waals surface area contributed by atoms with Gasteiger partial charge in [0.15, 0.2) is 5.78 Å². The van der Waals surface area contributed by atoms with E-state index in [1.165, 1.54) is 5.56 Å². The quantitative estimate of drug-likeness (QED) is 0.603. The highest BCUT2D eigenvalue weighted by molar-refractivity contribution is 6.01. The van der Waals surface area contributed by atoms with Gasteiger partial charge in [-0.3, -0.25) is 4.79 Å². The number of carbonyl (C=O) groups excluding carboxylic acids is 1. The van der Waals surface area contributed by atoms with Crippen molar-refractivity contribution in [1.82, 2.24) is 0 Å². The molecule has 1 saturated heterocycles. The number of carbonyl (C=O) groups is 1. The Kier molecular flexibility index (Phi) is 3.43. The maximum atomic E-state index is 12.1. The standard InChI is InChI=1S/C17H16O2/c18-16(14-9-5-2-6-10-14)17-15(19-17)12-11-13-7-3-1-4-8-13/h1-10,15,17H,11-12H2. The SMILES string of the molecule is O=C(c1ccccc1)C1OC1CCc1ccccc1. The molecule has 0 radical (unpaired) electrons. The maximum Gasteiger partial charge on any atom is 0.194 e. The van der Waals surface area contributed by atoms with E-state index in [0.29, 0.717) is 0 Å². The summed E-state index contributed by atoms with van der Waals surface area (Å²) in [6, 6.07) is 19.7. The molecule has 0 N–H and O–H groups in total. The van der Waals surface area contributed by atoms with Gasteiger partial charge in [0, 0.05) is 5.56 Å². The number of Topliss-reactive ketones (excluding diaryl/α,β-unsaturated/α-hetero) is 1. The number of hydrogen-bond donors (Lipinski definition) is 0. The van der Waals surface area contributed by atoms with Gasteiger partial charge in [0.1, 0.15) is 6.10 Å². The molecule has 0 spiro atoms. The van der Waals surface area contributed by atoms with E-state index < -0.39 is 0 Å². The second-order valence-electron chi connectivity index (χ2n) is 4.85. The molecule has 1 fully saturated rings. The summed E-state index contributed by atoms with van der Waals surface area (Å²) in [6.45, 7) is 0. The van der Waals surface area contributed by atoms with Crippen LogP contribution in [0.3, 0.4) is 0 Å². The normalized spacial score (nSPS) is 21.1. The second kappa shape index (κ2) is 5.37. The van der Waals surface area contributed by atoms with Crippen LogP contribution in [-0.2, 0) is 11.2 Å². The highest BCUT2D eigenvalue weighted by Gasteiger charge is 2.44. The number of ketones is 1. The van der Waals surface area contributed by atoms with Crippen molar-refractivity contribution in [1.29, 1.82) is 0 Å². The molecule has 1 heterocycles. The van der Waals surface area contributed by atoms with E-state index in [1.807, 2.05) is 48.5 Å². The molecule has 1 aliphatic rings. The lowest BCUT2D eigenvalue weighted by molar-refractivity contribution is 0.0953. The molecule has 2 nitrogen and oxygen atoms in total. The first-order valence-electron chi connectivity index (χ1n) is 6.63. The molecule has 2 unspecified atom stereocenters. The summed E-state index contributed by atoms with van der Waals surface area (Å²) in [6.07, 6.45) is 1.73. The molecule has 3 rings (SSSR count). The van der Waals surface area contributed by atoms with E-state index in [1.54, 1.807) is 0 Å². The average molecular weight is 252 g/mol. The molecule has 2 heteroatoms. The summed E-state index contributed by atoms with van der Waals surface area (Å²) >= 11 is 0. The first-order chi connectivity index (χ1) is 9.34. The van der Waals surface area contributed by atoms with Crippen LogP contribution in [0.4, 0.5) is 0 Å². The lowest BCUT2D eigenvalue weighted by atomic mass is 10.0. The molecule has 2 aromatic rings. The molecule has 0 aliphatic carbocycles. The van der Waals surface area contributed by atoms with Crippen molar-refractivity contribution in [2.75, 3.05) is 0 Å². The molecular weight excluding hydrogens is 236 g/mol. The highest BCUT2D eigenvalue weighted by Crippen LogP contribution is 2.29. The number of aryl methyl sites for hydroxylation is 1. The molecule has 1 aliphatic heterocycles. The minimum absolute atomic E-state index is 0.0907. The molecule has 2 aromatic carbocycles. The van der Waals surface area contributed by atoms with Gasteiger partial charge in [-0.05, 0) is 18.4 Å². The fourth-order valence-electron chi connectivity index (χ4n) is 2.31. The molecular formula is C17H16O2. The number of ether oxygens (including phenoxy) is 1. The smallest absolute Gasteiger partial charge is 0.194 e. The van der Waals surface area contributed by atoms with Crippen LogP contribution >= 0.6 is 0 Å². The Labute approximate surface area is 113 Å². The summed E-state index contributed by atoms with van der Waals surface area (Å²) in [7, 11) is 0. The summed E-state index contributed by atoms with van der Waals surface area (Å²) in [5.41, 5.74) is 2.04. The third kappa shape index (κ3) is 2.91. The summed E-state index contributed by atoms with van der Waals surface area (Å²) < 4.78 is 5.51. The Morgan fingerprint density at radius 1 is 0.947 bits per heavy atom. The topological polar surface area (TPSA) is 29.6 Å². The minimum atomic E-state index is -0.230. The molecule has 0 amide bonds. The van der Waals surface area contributed by atoms with Gasteiger partial charge in [0.2, 0.25) is 0 Å². The van der Waals surface area contributed by atoms with Crippen molar-refractivity contribution in [3.63, 3.8) is 0 Å².